The van der Waals surface area contributed by atoms with E-state index in [9.17, 15) is 22.4 Å². The molecule has 9 nitrogen and oxygen atoms in total. The van der Waals surface area contributed by atoms with Gasteiger partial charge >= 0.3 is 6.18 Å². The number of imidazole rings is 1. The molecule has 6 rings (SSSR count). The van der Waals surface area contributed by atoms with E-state index in [0.717, 1.165) is 44.2 Å². The van der Waals surface area contributed by atoms with Crippen LogP contribution < -0.4 is 16.4 Å². The number of fused-ring (bicyclic) bond motifs is 1. The highest BCUT2D eigenvalue weighted by atomic mass is 19.4. The Hall–Kier alpha value is -3.48. The molecule has 13 heteroatoms. The molecule has 3 aromatic rings. The van der Waals surface area contributed by atoms with Gasteiger partial charge in [-0.3, -0.25) is 4.79 Å². The third-order valence-electron chi connectivity index (χ3n) is 8.89. The predicted molar refractivity (Wildman–Crippen MR) is 151 cm³/mol. The highest BCUT2D eigenvalue weighted by Gasteiger charge is 2.33. The van der Waals surface area contributed by atoms with E-state index in [0.29, 0.717) is 54.4 Å². The minimum absolute atomic E-state index is 0.0596. The molecule has 2 aromatic heterocycles. The number of carbonyl (C=O) groups excluding carboxylic acids is 1. The van der Waals surface area contributed by atoms with Gasteiger partial charge in [-0.2, -0.15) is 23.1 Å². The summed E-state index contributed by atoms with van der Waals surface area (Å²) in [6, 6.07) is 2.70. The zero-order chi connectivity index (χ0) is 29.4. The third-order valence-corrected chi connectivity index (χ3v) is 8.89. The largest absolute Gasteiger partial charge is 0.416 e. The Morgan fingerprint density at radius 2 is 1.62 bits per heavy atom. The lowest BCUT2D eigenvalue weighted by atomic mass is 9.92. The second-order valence-corrected chi connectivity index (χ2v) is 11.8. The van der Waals surface area contributed by atoms with Gasteiger partial charge in [-0.05, 0) is 69.6 Å². The molecular formula is C29H36F4N8O. The number of nitrogens with two attached hydrogens (primary N) is 1. The smallest absolute Gasteiger partial charge is 0.365 e. The summed E-state index contributed by atoms with van der Waals surface area (Å²) in [7, 11) is 0. The average molecular weight is 589 g/mol. The van der Waals surface area contributed by atoms with Gasteiger partial charge in [0.2, 0.25) is 5.95 Å². The standard InChI is InChI=1S/C29H36F4N8O/c30-23-10-5-17(29(31,32)33)15-22(23)27(42)40-13-11-20(12-14-40)36-25-24-26(41(16-35-24)21-3-1-2-4-21)39-28(38-25)37-19-8-6-18(34)7-9-19/h5,10,15-16,18-21H,1-4,6-9,11-14,34H2,(H2,36,37,38,39)/t18-,19-. The number of benzene rings is 1. The molecule has 0 spiro atoms. The number of carbonyl (C=O) groups is 1. The van der Waals surface area contributed by atoms with E-state index < -0.39 is 29.0 Å². The Bertz CT molecular complexity index is 1420. The molecule has 2 aliphatic carbocycles. The van der Waals surface area contributed by atoms with Crippen molar-refractivity contribution in [2.24, 2.45) is 5.73 Å². The quantitative estimate of drug-likeness (QED) is 0.326. The van der Waals surface area contributed by atoms with Crippen LogP contribution in [-0.4, -0.2) is 61.5 Å². The van der Waals surface area contributed by atoms with Gasteiger partial charge in [0.25, 0.3) is 5.91 Å². The maximum absolute atomic E-state index is 14.4. The third kappa shape index (κ3) is 6.02. The lowest BCUT2D eigenvalue weighted by Crippen LogP contribution is -2.42. The summed E-state index contributed by atoms with van der Waals surface area (Å²) in [6.07, 6.45) is 6.54. The highest BCUT2D eigenvalue weighted by molar-refractivity contribution is 5.95. The number of amides is 1. The minimum Gasteiger partial charge on any atom is -0.365 e. The molecule has 3 aliphatic rings. The SMILES string of the molecule is N[C@H]1CC[C@H](Nc2nc(NC3CCN(C(=O)c4cc(C(F)(F)F)ccc4F)CC3)c3ncn(C4CCCC4)c3n2)CC1. The van der Waals surface area contributed by atoms with Crippen molar-refractivity contribution in [1.82, 2.24) is 24.4 Å². The average Bonchev–Trinajstić information content (AvgIpc) is 3.64. The number of alkyl halides is 3. The van der Waals surface area contributed by atoms with E-state index in [1.54, 1.807) is 0 Å². The van der Waals surface area contributed by atoms with Crippen molar-refractivity contribution in [2.75, 3.05) is 23.7 Å². The first kappa shape index (κ1) is 28.6. The summed E-state index contributed by atoms with van der Waals surface area (Å²) in [4.78, 5) is 28.8. The predicted octanol–water partition coefficient (Wildman–Crippen LogP) is 5.50. The van der Waals surface area contributed by atoms with Crippen molar-refractivity contribution in [2.45, 2.75) is 94.6 Å². The molecule has 1 saturated heterocycles. The normalized spacial score (nSPS) is 22.5. The summed E-state index contributed by atoms with van der Waals surface area (Å²) in [5, 5.41) is 7.02. The van der Waals surface area contributed by atoms with Crippen LogP contribution in [0.5, 0.6) is 0 Å². The molecule has 42 heavy (non-hydrogen) atoms. The second-order valence-electron chi connectivity index (χ2n) is 11.8. The summed E-state index contributed by atoms with van der Waals surface area (Å²) in [6.45, 7) is 0.536. The van der Waals surface area contributed by atoms with Gasteiger partial charge in [0.05, 0.1) is 17.5 Å². The number of halogens is 4. The number of likely N-dealkylation sites (tertiary alicyclic amines) is 1. The van der Waals surface area contributed by atoms with E-state index in [-0.39, 0.29) is 31.2 Å². The first-order valence-electron chi connectivity index (χ1n) is 14.8. The number of aromatic nitrogens is 4. The fraction of sp³-hybridized carbons (Fsp3) is 0.586. The summed E-state index contributed by atoms with van der Waals surface area (Å²) < 4.78 is 56.0. The van der Waals surface area contributed by atoms with Crippen LogP contribution in [0, 0.1) is 5.82 Å². The van der Waals surface area contributed by atoms with Crippen molar-refractivity contribution < 1.29 is 22.4 Å². The fourth-order valence-corrected chi connectivity index (χ4v) is 6.43. The van der Waals surface area contributed by atoms with Crippen molar-refractivity contribution in [3.63, 3.8) is 0 Å². The monoisotopic (exact) mass is 588 g/mol. The van der Waals surface area contributed by atoms with E-state index in [4.69, 9.17) is 15.7 Å². The first-order chi connectivity index (χ1) is 20.2. The van der Waals surface area contributed by atoms with Gasteiger partial charge in [0.1, 0.15) is 5.82 Å². The summed E-state index contributed by atoms with van der Waals surface area (Å²) in [5.41, 5.74) is 5.94. The van der Waals surface area contributed by atoms with Crippen LogP contribution in [0.1, 0.15) is 86.2 Å². The molecule has 3 fully saturated rings. The molecule has 4 N–H and O–H groups in total. The van der Waals surface area contributed by atoms with Crippen molar-refractivity contribution in [3.05, 3.63) is 41.5 Å². The molecule has 226 valence electrons. The van der Waals surface area contributed by atoms with Crippen LogP contribution in [0.15, 0.2) is 24.5 Å². The maximum atomic E-state index is 14.4. The van der Waals surface area contributed by atoms with Gasteiger partial charge in [-0.15, -0.1) is 0 Å². The van der Waals surface area contributed by atoms with E-state index in [2.05, 4.69) is 20.2 Å². The van der Waals surface area contributed by atoms with Crippen LogP contribution in [0.3, 0.4) is 0 Å². The summed E-state index contributed by atoms with van der Waals surface area (Å²) >= 11 is 0. The van der Waals surface area contributed by atoms with Gasteiger partial charge in [-0.25, -0.2) is 9.37 Å². The Morgan fingerprint density at radius 3 is 2.31 bits per heavy atom. The van der Waals surface area contributed by atoms with Gasteiger partial charge in [0.15, 0.2) is 17.0 Å². The molecule has 0 atom stereocenters. The van der Waals surface area contributed by atoms with Gasteiger partial charge in [0, 0.05) is 37.3 Å². The topological polar surface area (TPSA) is 114 Å². The second kappa shape index (κ2) is 11.7. The van der Waals surface area contributed by atoms with E-state index in [1.165, 1.54) is 17.7 Å². The zero-order valence-electron chi connectivity index (χ0n) is 23.3. The lowest BCUT2D eigenvalue weighted by Gasteiger charge is -2.33. The highest BCUT2D eigenvalue weighted by Crippen LogP contribution is 2.34. The Kier molecular flexibility index (Phi) is 7.95. The number of hydrogen-bond acceptors (Lipinski definition) is 7. The van der Waals surface area contributed by atoms with Crippen molar-refractivity contribution >= 4 is 28.8 Å². The van der Waals surface area contributed by atoms with Gasteiger partial charge in [-0.1, -0.05) is 12.8 Å². The number of piperidine rings is 1. The molecule has 2 saturated carbocycles. The Labute approximate surface area is 241 Å². The fourth-order valence-electron chi connectivity index (χ4n) is 6.43. The number of rotatable bonds is 6. The molecule has 1 aromatic carbocycles. The van der Waals surface area contributed by atoms with Crippen LogP contribution in [0.4, 0.5) is 29.3 Å². The molecule has 0 bridgehead atoms. The van der Waals surface area contributed by atoms with Crippen LogP contribution in [-0.2, 0) is 6.18 Å². The van der Waals surface area contributed by atoms with Crippen LogP contribution in [0.2, 0.25) is 0 Å². The summed E-state index contributed by atoms with van der Waals surface area (Å²) in [5.74, 6) is -0.553. The van der Waals surface area contributed by atoms with Crippen molar-refractivity contribution in [3.8, 4) is 0 Å². The number of nitrogens with zero attached hydrogens (tertiary/aromatic N) is 5. The molecule has 0 unspecified atom stereocenters. The molecule has 0 radical (unpaired) electrons. The Balaban J connectivity index is 1.18. The number of anilines is 2. The number of nitrogens with one attached hydrogen (secondary N) is 2. The van der Waals surface area contributed by atoms with Crippen molar-refractivity contribution in [1.29, 1.82) is 0 Å². The number of hydrogen-bond donors (Lipinski definition) is 3. The molecule has 3 heterocycles. The zero-order valence-corrected chi connectivity index (χ0v) is 23.3. The molecule has 1 aliphatic heterocycles. The van der Waals surface area contributed by atoms with Gasteiger partial charge < -0.3 is 25.8 Å². The van der Waals surface area contributed by atoms with Crippen LogP contribution in [0.25, 0.3) is 11.2 Å². The first-order valence-corrected chi connectivity index (χ1v) is 14.8. The van der Waals surface area contributed by atoms with E-state index in [1.807, 2.05) is 6.33 Å². The molecular weight excluding hydrogens is 552 g/mol. The maximum Gasteiger partial charge on any atom is 0.416 e. The van der Waals surface area contributed by atoms with Crippen LogP contribution >= 0.6 is 0 Å². The van der Waals surface area contributed by atoms with E-state index >= 15 is 0 Å². The Morgan fingerprint density at radius 1 is 0.929 bits per heavy atom. The minimum atomic E-state index is -4.66. The lowest BCUT2D eigenvalue weighted by molar-refractivity contribution is -0.137. The molecule has 1 amide bonds.